The molecule has 0 spiro atoms. The lowest BCUT2D eigenvalue weighted by molar-refractivity contribution is 0.0602. The summed E-state index contributed by atoms with van der Waals surface area (Å²) in [5.41, 5.74) is 1.21. The van der Waals surface area contributed by atoms with Crippen LogP contribution in [0.4, 0.5) is 5.69 Å². The Hall–Kier alpha value is -0.550. The van der Waals surface area contributed by atoms with E-state index >= 15 is 0 Å². The highest BCUT2D eigenvalue weighted by molar-refractivity contribution is 9.10. The van der Waals surface area contributed by atoms with Crippen LogP contribution < -0.4 is 4.34 Å². The molecule has 0 bridgehead atoms. The third-order valence-corrected chi connectivity index (χ3v) is 1.86. The van der Waals surface area contributed by atoms with Gasteiger partial charge in [0.1, 0.15) is 0 Å². The van der Waals surface area contributed by atoms with Crippen LogP contribution in [-0.2, 0) is 4.74 Å². The van der Waals surface area contributed by atoms with Gasteiger partial charge in [-0.3, -0.25) is 0 Å². The molecule has 72 valence electrons. The van der Waals surface area contributed by atoms with Crippen molar-refractivity contribution in [2.75, 3.05) is 11.5 Å². The maximum atomic E-state index is 11.1. The fourth-order valence-electron chi connectivity index (χ4n) is 0.853. The van der Waals surface area contributed by atoms with Crippen molar-refractivity contribution in [2.45, 2.75) is 0 Å². The van der Waals surface area contributed by atoms with Gasteiger partial charge in [0.05, 0.1) is 18.4 Å². The second kappa shape index (κ2) is 5.99. The smallest absolute Gasteiger partial charge is 0.339 e. The van der Waals surface area contributed by atoms with Crippen molar-refractivity contribution >= 4 is 44.8 Å². The fourth-order valence-corrected chi connectivity index (χ4v) is 1.20. The van der Waals surface area contributed by atoms with Gasteiger partial charge in [0.15, 0.2) is 0 Å². The zero-order chi connectivity index (χ0) is 8.97. The molecule has 0 fully saturated rings. The molecule has 1 aromatic rings. The first-order chi connectivity index (χ1) is 5.79. The molecule has 0 unspecified atom stereocenters. The Morgan fingerprint density at radius 2 is 2.08 bits per heavy atom. The molecular weight excluding hydrogens is 302 g/mol. The van der Waals surface area contributed by atoms with Gasteiger partial charge in [-0.15, -0.1) is 17.0 Å². The highest BCUT2D eigenvalue weighted by Crippen LogP contribution is 2.16. The van der Waals surface area contributed by atoms with Crippen molar-refractivity contribution in [2.24, 2.45) is 0 Å². The number of nitrogens with one attached hydrogen (secondary N) is 1. The average molecular weight is 311 g/mol. The third kappa shape index (κ3) is 3.00. The average Bonchev–Trinajstić information content (AvgIpc) is 2.16. The van der Waals surface area contributed by atoms with Gasteiger partial charge >= 0.3 is 5.97 Å². The minimum Gasteiger partial charge on any atom is -0.465 e. The second-order valence-corrected chi connectivity index (χ2v) is 2.53. The number of ether oxygens (including phenoxy) is 1. The number of hydrogen-bond donors (Lipinski definition) is 1. The van der Waals surface area contributed by atoms with Crippen molar-refractivity contribution in [1.29, 1.82) is 0 Å². The summed E-state index contributed by atoms with van der Waals surface area (Å²) in [5, 5.41) is 0. The molecule has 0 saturated carbocycles. The fraction of sp³-hybridized carbons (Fsp3) is 0.125. The molecule has 0 amide bonds. The van der Waals surface area contributed by atoms with Crippen LogP contribution in [0.15, 0.2) is 24.3 Å². The van der Waals surface area contributed by atoms with E-state index in [1.807, 2.05) is 6.07 Å². The van der Waals surface area contributed by atoms with E-state index in [0.717, 1.165) is 0 Å². The van der Waals surface area contributed by atoms with Crippen molar-refractivity contribution in [3.05, 3.63) is 29.8 Å². The van der Waals surface area contributed by atoms with Crippen molar-refractivity contribution in [1.82, 2.24) is 0 Å². The molecular formula is C8H9Br2NO2. The third-order valence-electron chi connectivity index (χ3n) is 1.43. The molecule has 3 nitrogen and oxygen atoms in total. The number of anilines is 1. The summed E-state index contributed by atoms with van der Waals surface area (Å²) in [4.78, 5) is 11.1. The number of halogens is 2. The maximum Gasteiger partial charge on any atom is 0.339 e. The Balaban J connectivity index is 0.00000144. The van der Waals surface area contributed by atoms with E-state index in [4.69, 9.17) is 0 Å². The zero-order valence-corrected chi connectivity index (χ0v) is 10.2. The molecule has 0 aromatic heterocycles. The molecule has 0 atom stereocenters. The predicted molar refractivity (Wildman–Crippen MR) is 60.7 cm³/mol. The number of carbonyl (C=O) groups is 1. The molecule has 0 saturated heterocycles. The number of esters is 1. The lowest BCUT2D eigenvalue weighted by Crippen LogP contribution is -2.03. The molecule has 13 heavy (non-hydrogen) atoms. The van der Waals surface area contributed by atoms with Crippen molar-refractivity contribution in [3.63, 3.8) is 0 Å². The second-order valence-electron chi connectivity index (χ2n) is 2.13. The summed E-state index contributed by atoms with van der Waals surface area (Å²) in [7, 11) is 1.35. The molecule has 0 aliphatic carbocycles. The predicted octanol–water partition coefficient (Wildman–Crippen LogP) is 2.77. The van der Waals surface area contributed by atoms with Crippen LogP contribution in [0.1, 0.15) is 10.4 Å². The van der Waals surface area contributed by atoms with Crippen LogP contribution in [0.2, 0.25) is 0 Å². The maximum absolute atomic E-state index is 11.1. The first-order valence-electron chi connectivity index (χ1n) is 3.33. The largest absolute Gasteiger partial charge is 0.465 e. The van der Waals surface area contributed by atoms with Crippen LogP contribution in [0.3, 0.4) is 0 Å². The van der Waals surface area contributed by atoms with Crippen LogP contribution in [0.5, 0.6) is 0 Å². The van der Waals surface area contributed by atoms with E-state index in [2.05, 4.69) is 25.2 Å². The van der Waals surface area contributed by atoms with E-state index in [1.165, 1.54) is 7.11 Å². The minimum atomic E-state index is -0.349. The number of rotatable bonds is 2. The molecule has 0 aliphatic rings. The molecule has 1 rings (SSSR count). The molecule has 0 radical (unpaired) electrons. The Kier molecular flexibility index (Phi) is 5.73. The van der Waals surface area contributed by atoms with Crippen LogP contribution in [0.25, 0.3) is 0 Å². The van der Waals surface area contributed by atoms with E-state index in [1.54, 1.807) is 18.2 Å². The first kappa shape index (κ1) is 12.4. The van der Waals surface area contributed by atoms with Gasteiger partial charge in [0, 0.05) is 16.1 Å². The number of hydrogen-bond acceptors (Lipinski definition) is 3. The van der Waals surface area contributed by atoms with Crippen molar-refractivity contribution < 1.29 is 9.53 Å². The Bertz CT molecular complexity index is 291. The van der Waals surface area contributed by atoms with Crippen molar-refractivity contribution in [3.8, 4) is 0 Å². The minimum absolute atomic E-state index is 0. The van der Waals surface area contributed by atoms with Gasteiger partial charge in [-0.2, -0.15) is 0 Å². The Morgan fingerprint density at radius 3 is 2.62 bits per heavy atom. The summed E-state index contributed by atoms with van der Waals surface area (Å²) in [6.45, 7) is 0. The molecule has 0 aliphatic heterocycles. The van der Waals surface area contributed by atoms with Crippen LogP contribution >= 0.6 is 33.1 Å². The van der Waals surface area contributed by atoms with Crippen LogP contribution in [-0.4, -0.2) is 13.1 Å². The van der Waals surface area contributed by atoms with Gasteiger partial charge in [-0.25, -0.2) is 4.79 Å². The van der Waals surface area contributed by atoms with Gasteiger partial charge < -0.3 is 9.08 Å². The summed E-state index contributed by atoms with van der Waals surface area (Å²) in [5.74, 6) is -0.349. The van der Waals surface area contributed by atoms with Gasteiger partial charge in [-0.1, -0.05) is 12.1 Å². The lowest BCUT2D eigenvalue weighted by Gasteiger charge is -2.04. The van der Waals surface area contributed by atoms with E-state index in [-0.39, 0.29) is 23.0 Å². The van der Waals surface area contributed by atoms with E-state index in [9.17, 15) is 4.79 Å². The molecule has 1 N–H and O–H groups in total. The topological polar surface area (TPSA) is 38.3 Å². The highest BCUT2D eigenvalue weighted by Gasteiger charge is 2.08. The zero-order valence-electron chi connectivity index (χ0n) is 6.91. The summed E-state index contributed by atoms with van der Waals surface area (Å²) < 4.78 is 7.30. The number of benzene rings is 1. The number of para-hydroxylation sites is 1. The Labute approximate surface area is 95.6 Å². The highest BCUT2D eigenvalue weighted by atomic mass is 79.9. The number of carbonyl (C=O) groups excluding carboxylic acids is 1. The SMILES string of the molecule is Br.COC(=O)c1ccccc1NBr. The molecule has 0 heterocycles. The first-order valence-corrected chi connectivity index (χ1v) is 4.13. The van der Waals surface area contributed by atoms with E-state index in [0.29, 0.717) is 11.3 Å². The lowest BCUT2D eigenvalue weighted by atomic mass is 10.2. The summed E-state index contributed by atoms with van der Waals surface area (Å²) >= 11 is 3.05. The standard InChI is InChI=1S/C8H8BrNO2.BrH/c1-12-8(11)6-4-2-3-5-7(6)10-9;/h2-5,10H,1H3;1H. The van der Waals surface area contributed by atoms with Gasteiger partial charge in [-0.05, 0) is 12.1 Å². The number of methoxy groups -OCH3 is 1. The van der Waals surface area contributed by atoms with Gasteiger partial charge in [0.2, 0.25) is 0 Å². The Morgan fingerprint density at radius 1 is 1.46 bits per heavy atom. The quantitative estimate of drug-likeness (QED) is 0.674. The molecule has 5 heteroatoms. The summed E-state index contributed by atoms with van der Waals surface area (Å²) in [6, 6.07) is 7.08. The molecule has 1 aromatic carbocycles. The monoisotopic (exact) mass is 309 g/mol. The van der Waals surface area contributed by atoms with E-state index < -0.39 is 0 Å². The van der Waals surface area contributed by atoms with Gasteiger partial charge in [0.25, 0.3) is 0 Å². The van der Waals surface area contributed by atoms with Crippen LogP contribution in [0, 0.1) is 0 Å². The summed E-state index contributed by atoms with van der Waals surface area (Å²) in [6.07, 6.45) is 0. The normalized spacial score (nSPS) is 8.46.